The molecule has 2 fully saturated rings. The second-order valence-electron chi connectivity index (χ2n) is 6.75. The van der Waals surface area contributed by atoms with Gasteiger partial charge in [-0.1, -0.05) is 18.2 Å². The number of hydrogen-bond acceptors (Lipinski definition) is 4. The van der Waals surface area contributed by atoms with E-state index in [4.69, 9.17) is 0 Å². The van der Waals surface area contributed by atoms with E-state index in [9.17, 15) is 18.0 Å². The Kier molecular flexibility index (Phi) is 4.15. The van der Waals surface area contributed by atoms with Crippen molar-refractivity contribution < 1.29 is 18.0 Å². The lowest BCUT2D eigenvalue weighted by Crippen LogP contribution is -2.48. The number of amides is 2. The van der Waals surface area contributed by atoms with E-state index in [1.54, 1.807) is 14.1 Å². The second-order valence-corrected chi connectivity index (χ2v) is 8.98. The Morgan fingerprint density at radius 1 is 1.08 bits per heavy atom. The normalized spacial score (nSPS) is 23.5. The molecule has 1 aliphatic carbocycles. The van der Waals surface area contributed by atoms with Crippen LogP contribution in [-0.4, -0.2) is 56.8 Å². The number of anilines is 1. The van der Waals surface area contributed by atoms with Gasteiger partial charge in [-0.3, -0.25) is 9.59 Å². The van der Waals surface area contributed by atoms with Gasteiger partial charge in [-0.2, -0.15) is 0 Å². The maximum absolute atomic E-state index is 12.9. The second kappa shape index (κ2) is 5.88. The Morgan fingerprint density at radius 3 is 2.21 bits per heavy atom. The first-order valence-corrected chi connectivity index (χ1v) is 9.90. The van der Waals surface area contributed by atoms with Gasteiger partial charge in [-0.15, -0.1) is 0 Å². The van der Waals surface area contributed by atoms with Gasteiger partial charge in [0, 0.05) is 25.8 Å². The zero-order valence-corrected chi connectivity index (χ0v) is 14.8. The summed E-state index contributed by atoms with van der Waals surface area (Å²) in [5.41, 5.74) is -0.279. The van der Waals surface area contributed by atoms with Gasteiger partial charge in [-0.25, -0.2) is 8.42 Å². The van der Waals surface area contributed by atoms with Gasteiger partial charge in [0.05, 0.1) is 11.5 Å². The SMILES string of the molecule is CN(C(=O)C1(C(=O)N(C)C2CCS(=O)(=O)C2)CC1)c1ccccc1. The van der Waals surface area contributed by atoms with Gasteiger partial charge < -0.3 is 9.80 Å². The van der Waals surface area contributed by atoms with Gasteiger partial charge in [0.15, 0.2) is 9.84 Å². The van der Waals surface area contributed by atoms with Crippen molar-refractivity contribution in [1.82, 2.24) is 4.90 Å². The number of benzene rings is 1. The minimum absolute atomic E-state index is 0.00592. The van der Waals surface area contributed by atoms with Crippen molar-refractivity contribution in [2.45, 2.75) is 25.3 Å². The minimum atomic E-state index is -3.07. The van der Waals surface area contributed by atoms with Crippen molar-refractivity contribution in [3.63, 3.8) is 0 Å². The fraction of sp³-hybridized carbons (Fsp3) is 0.529. The van der Waals surface area contributed by atoms with Crippen LogP contribution in [0.25, 0.3) is 0 Å². The molecule has 1 atom stereocenters. The molecule has 0 N–H and O–H groups in total. The van der Waals surface area contributed by atoms with E-state index in [-0.39, 0.29) is 29.4 Å². The highest BCUT2D eigenvalue weighted by atomic mass is 32.2. The molecular formula is C17H22N2O4S. The van der Waals surface area contributed by atoms with Crippen LogP contribution in [0.1, 0.15) is 19.3 Å². The molecule has 3 rings (SSSR count). The minimum Gasteiger partial charge on any atom is -0.341 e. The summed E-state index contributed by atoms with van der Waals surface area (Å²) in [6.07, 6.45) is 1.49. The summed E-state index contributed by atoms with van der Waals surface area (Å²) in [6.45, 7) is 0. The van der Waals surface area contributed by atoms with Crippen LogP contribution in [0, 0.1) is 5.41 Å². The largest absolute Gasteiger partial charge is 0.341 e. The highest BCUT2D eigenvalue weighted by molar-refractivity contribution is 7.91. The van der Waals surface area contributed by atoms with Crippen LogP contribution in [0.2, 0.25) is 0 Å². The van der Waals surface area contributed by atoms with E-state index in [2.05, 4.69) is 0 Å². The number of nitrogens with zero attached hydrogens (tertiary/aromatic N) is 2. The molecule has 1 unspecified atom stereocenters. The number of rotatable bonds is 4. The fourth-order valence-electron chi connectivity index (χ4n) is 3.32. The molecule has 24 heavy (non-hydrogen) atoms. The molecular weight excluding hydrogens is 328 g/mol. The van der Waals surface area contributed by atoms with Crippen molar-refractivity contribution in [1.29, 1.82) is 0 Å². The molecule has 7 heteroatoms. The van der Waals surface area contributed by atoms with Crippen LogP contribution in [0.15, 0.2) is 30.3 Å². The smallest absolute Gasteiger partial charge is 0.242 e. The third-order valence-corrected chi connectivity index (χ3v) is 6.84. The molecule has 0 radical (unpaired) electrons. The van der Waals surface area contributed by atoms with Gasteiger partial charge in [0.1, 0.15) is 5.41 Å². The zero-order chi connectivity index (χ0) is 17.5. The summed E-state index contributed by atoms with van der Waals surface area (Å²) >= 11 is 0. The lowest BCUT2D eigenvalue weighted by atomic mass is 10.0. The zero-order valence-electron chi connectivity index (χ0n) is 13.9. The maximum atomic E-state index is 12.9. The molecule has 1 saturated heterocycles. The van der Waals surface area contributed by atoms with E-state index in [0.29, 0.717) is 19.3 Å². The highest BCUT2D eigenvalue weighted by Gasteiger charge is 2.59. The number of hydrogen-bond donors (Lipinski definition) is 0. The van der Waals surface area contributed by atoms with E-state index in [1.807, 2.05) is 30.3 Å². The van der Waals surface area contributed by atoms with Gasteiger partial charge in [0.2, 0.25) is 11.8 Å². The van der Waals surface area contributed by atoms with Crippen LogP contribution >= 0.6 is 0 Å². The van der Waals surface area contributed by atoms with E-state index in [0.717, 1.165) is 5.69 Å². The molecule has 0 spiro atoms. The highest BCUT2D eigenvalue weighted by Crippen LogP contribution is 2.49. The Balaban J connectivity index is 1.75. The Bertz CT molecular complexity index is 756. The van der Waals surface area contributed by atoms with E-state index >= 15 is 0 Å². The molecule has 1 aromatic rings. The topological polar surface area (TPSA) is 74.8 Å². The molecule has 1 heterocycles. The summed E-state index contributed by atoms with van der Waals surface area (Å²) < 4.78 is 23.3. The lowest BCUT2D eigenvalue weighted by molar-refractivity contribution is -0.143. The molecule has 0 bridgehead atoms. The van der Waals surface area contributed by atoms with Crippen molar-refractivity contribution in [2.75, 3.05) is 30.5 Å². The molecule has 1 aliphatic heterocycles. The maximum Gasteiger partial charge on any atom is 0.242 e. The number of para-hydroxylation sites is 1. The summed E-state index contributed by atoms with van der Waals surface area (Å²) in [7, 11) is 0.219. The molecule has 1 saturated carbocycles. The molecule has 2 amide bonds. The predicted molar refractivity (Wildman–Crippen MR) is 91.3 cm³/mol. The van der Waals surface area contributed by atoms with Crippen molar-refractivity contribution >= 4 is 27.3 Å². The summed E-state index contributed by atoms with van der Waals surface area (Å²) in [4.78, 5) is 28.8. The first-order valence-electron chi connectivity index (χ1n) is 8.08. The van der Waals surface area contributed by atoms with Crippen LogP contribution < -0.4 is 4.90 Å². The van der Waals surface area contributed by atoms with E-state index < -0.39 is 15.3 Å². The molecule has 130 valence electrons. The Labute approximate surface area is 142 Å². The number of sulfone groups is 1. The quantitative estimate of drug-likeness (QED) is 0.762. The van der Waals surface area contributed by atoms with Crippen molar-refractivity contribution in [3.05, 3.63) is 30.3 Å². The van der Waals surface area contributed by atoms with E-state index in [1.165, 1.54) is 9.80 Å². The monoisotopic (exact) mass is 350 g/mol. The van der Waals surface area contributed by atoms with Gasteiger partial charge in [-0.05, 0) is 31.4 Å². The van der Waals surface area contributed by atoms with Crippen molar-refractivity contribution in [2.24, 2.45) is 5.41 Å². The molecule has 1 aromatic carbocycles. The summed E-state index contributed by atoms with van der Waals surface area (Å²) in [5, 5.41) is 0. The number of carbonyl (C=O) groups excluding carboxylic acids is 2. The third-order valence-electron chi connectivity index (χ3n) is 5.09. The molecule has 6 nitrogen and oxygen atoms in total. The van der Waals surface area contributed by atoms with Crippen LogP contribution in [-0.2, 0) is 19.4 Å². The van der Waals surface area contributed by atoms with Gasteiger partial charge >= 0.3 is 0 Å². The summed E-state index contributed by atoms with van der Waals surface area (Å²) in [5.74, 6) is -0.363. The fourth-order valence-corrected chi connectivity index (χ4v) is 5.09. The average Bonchev–Trinajstić information content (AvgIpc) is 3.31. The van der Waals surface area contributed by atoms with Gasteiger partial charge in [0.25, 0.3) is 0 Å². The average molecular weight is 350 g/mol. The lowest BCUT2D eigenvalue weighted by Gasteiger charge is -2.30. The standard InChI is InChI=1S/C17H22N2O4S/c1-18(13-6-4-3-5-7-13)15(20)17(9-10-17)16(21)19(2)14-8-11-24(22,23)12-14/h3-7,14H,8-12H2,1-2H3. The van der Waals surface area contributed by atoms with Crippen LogP contribution in [0.4, 0.5) is 5.69 Å². The first kappa shape index (κ1) is 17.0. The Hall–Kier alpha value is -1.89. The third kappa shape index (κ3) is 2.92. The first-order chi connectivity index (χ1) is 11.3. The molecule has 2 aliphatic rings. The van der Waals surface area contributed by atoms with Crippen LogP contribution in [0.5, 0.6) is 0 Å². The summed E-state index contributed by atoms with van der Waals surface area (Å²) in [6, 6.07) is 8.88. The van der Waals surface area contributed by atoms with Crippen LogP contribution in [0.3, 0.4) is 0 Å². The number of carbonyl (C=O) groups is 2. The van der Waals surface area contributed by atoms with Crippen molar-refractivity contribution in [3.8, 4) is 0 Å². The molecule has 0 aromatic heterocycles. The Morgan fingerprint density at radius 2 is 1.71 bits per heavy atom. The predicted octanol–water partition coefficient (Wildman–Crippen LogP) is 1.08.